The van der Waals surface area contributed by atoms with Gasteiger partial charge in [-0.05, 0) is 57.7 Å². The minimum absolute atomic E-state index is 0.00379. The van der Waals surface area contributed by atoms with Crippen LogP contribution in [-0.4, -0.2) is 49.9 Å². The van der Waals surface area contributed by atoms with Gasteiger partial charge in [-0.1, -0.05) is 6.42 Å². The van der Waals surface area contributed by atoms with Gasteiger partial charge >= 0.3 is 0 Å². The predicted octanol–water partition coefficient (Wildman–Crippen LogP) is 1.27. The molecule has 2 amide bonds. The number of carbonyl (C=O) groups excluding carboxylic acids is 2. The first-order valence-electron chi connectivity index (χ1n) is 7.63. The van der Waals surface area contributed by atoms with Crippen molar-refractivity contribution in [2.45, 2.75) is 25.3 Å². The highest BCUT2D eigenvalue weighted by molar-refractivity contribution is 5.96. The van der Waals surface area contributed by atoms with Crippen LogP contribution in [0.1, 0.15) is 19.3 Å². The van der Waals surface area contributed by atoms with Gasteiger partial charge in [0.1, 0.15) is 0 Å². The molecule has 6 heteroatoms. The Kier molecular flexibility index (Phi) is 5.91. The van der Waals surface area contributed by atoms with E-state index >= 15 is 0 Å². The molecule has 1 fully saturated rings. The lowest BCUT2D eigenvalue weighted by Crippen LogP contribution is -2.43. The second-order valence-corrected chi connectivity index (χ2v) is 5.86. The van der Waals surface area contributed by atoms with Gasteiger partial charge in [0.15, 0.2) is 0 Å². The Hall–Kier alpha value is -1.92. The zero-order valence-corrected chi connectivity index (χ0v) is 13.2. The van der Waals surface area contributed by atoms with Gasteiger partial charge in [-0.3, -0.25) is 9.59 Å². The molecule has 0 bridgehead atoms. The minimum atomic E-state index is -0.103. The van der Waals surface area contributed by atoms with E-state index in [4.69, 9.17) is 0 Å². The average molecular weight is 304 g/mol. The summed E-state index contributed by atoms with van der Waals surface area (Å²) in [6.45, 7) is 1.24. The van der Waals surface area contributed by atoms with Crippen molar-refractivity contribution in [2.75, 3.05) is 37.8 Å². The van der Waals surface area contributed by atoms with Crippen molar-refractivity contribution < 1.29 is 9.59 Å². The lowest BCUT2D eigenvalue weighted by molar-refractivity contribution is -0.118. The molecule has 0 aromatic heterocycles. The molecule has 1 atom stereocenters. The van der Waals surface area contributed by atoms with Crippen molar-refractivity contribution in [1.82, 2.24) is 10.2 Å². The summed E-state index contributed by atoms with van der Waals surface area (Å²) in [7, 11) is 3.69. The van der Waals surface area contributed by atoms with Crippen LogP contribution in [0, 0.1) is 0 Å². The molecule has 1 saturated heterocycles. The summed E-state index contributed by atoms with van der Waals surface area (Å²) in [4.78, 5) is 25.6. The Morgan fingerprint density at radius 1 is 1.14 bits per heavy atom. The number of hydrogen-bond donors (Lipinski definition) is 3. The maximum Gasteiger partial charge on any atom is 0.241 e. The Bertz CT molecular complexity index is 507. The van der Waals surface area contributed by atoms with Crippen molar-refractivity contribution in [3.05, 3.63) is 24.3 Å². The second kappa shape index (κ2) is 7.91. The van der Waals surface area contributed by atoms with Crippen molar-refractivity contribution >= 4 is 23.2 Å². The fourth-order valence-electron chi connectivity index (χ4n) is 2.43. The van der Waals surface area contributed by atoms with E-state index in [0.29, 0.717) is 6.54 Å². The molecule has 120 valence electrons. The molecule has 6 nitrogen and oxygen atoms in total. The van der Waals surface area contributed by atoms with Crippen molar-refractivity contribution in [2.24, 2.45) is 0 Å². The quantitative estimate of drug-likeness (QED) is 0.766. The highest BCUT2D eigenvalue weighted by Crippen LogP contribution is 2.15. The summed E-state index contributed by atoms with van der Waals surface area (Å²) < 4.78 is 0. The van der Waals surface area contributed by atoms with E-state index in [-0.39, 0.29) is 17.9 Å². The molecule has 1 heterocycles. The van der Waals surface area contributed by atoms with Crippen molar-refractivity contribution in [3.8, 4) is 0 Å². The third-order valence-electron chi connectivity index (χ3n) is 3.52. The first-order chi connectivity index (χ1) is 10.5. The average Bonchev–Trinajstić information content (AvgIpc) is 2.49. The Morgan fingerprint density at radius 3 is 2.32 bits per heavy atom. The van der Waals surface area contributed by atoms with E-state index in [0.717, 1.165) is 37.2 Å². The molecule has 22 heavy (non-hydrogen) atoms. The van der Waals surface area contributed by atoms with Crippen LogP contribution < -0.4 is 16.0 Å². The first-order valence-corrected chi connectivity index (χ1v) is 7.63. The number of carbonyl (C=O) groups is 2. The third kappa shape index (κ3) is 5.13. The molecule has 0 unspecified atom stereocenters. The first kappa shape index (κ1) is 16.5. The standard InChI is InChI=1S/C16H24N4O2/c1-20(2)11-15(21)18-12-6-8-13(9-7-12)19-16(22)14-5-3-4-10-17-14/h6-9,14,17H,3-5,10-11H2,1-2H3,(H,18,21)(H,19,22)/t14-/m1/s1. The molecule has 0 aliphatic carbocycles. The Labute approximate surface area is 131 Å². The molecule has 2 rings (SSSR count). The van der Waals surface area contributed by atoms with E-state index in [2.05, 4.69) is 16.0 Å². The van der Waals surface area contributed by atoms with Gasteiger partial charge in [0.05, 0.1) is 12.6 Å². The maximum absolute atomic E-state index is 12.1. The molecular weight excluding hydrogens is 280 g/mol. The van der Waals surface area contributed by atoms with E-state index in [9.17, 15) is 9.59 Å². The summed E-state index contributed by atoms with van der Waals surface area (Å²) in [6, 6.07) is 7.07. The van der Waals surface area contributed by atoms with Gasteiger partial charge in [0.25, 0.3) is 0 Å². The lowest BCUT2D eigenvalue weighted by atomic mass is 10.0. The fourth-order valence-corrected chi connectivity index (χ4v) is 2.43. The number of piperidine rings is 1. The molecule has 1 aliphatic rings. The number of likely N-dealkylation sites (N-methyl/N-ethyl adjacent to an activating group) is 1. The highest BCUT2D eigenvalue weighted by Gasteiger charge is 2.20. The molecule has 3 N–H and O–H groups in total. The predicted molar refractivity (Wildman–Crippen MR) is 87.9 cm³/mol. The van der Waals surface area contributed by atoms with Gasteiger partial charge in [0.2, 0.25) is 11.8 Å². The van der Waals surface area contributed by atoms with Crippen LogP contribution in [0.25, 0.3) is 0 Å². The second-order valence-electron chi connectivity index (χ2n) is 5.86. The van der Waals surface area contributed by atoms with Gasteiger partial charge in [-0.15, -0.1) is 0 Å². The molecule has 1 aromatic carbocycles. The number of nitrogens with one attached hydrogen (secondary N) is 3. The van der Waals surface area contributed by atoms with E-state index in [1.165, 1.54) is 0 Å². The SMILES string of the molecule is CN(C)CC(=O)Nc1ccc(NC(=O)[C@H]2CCCCN2)cc1. The fraction of sp³-hybridized carbons (Fsp3) is 0.500. The molecule has 1 aliphatic heterocycles. The van der Waals surface area contributed by atoms with Gasteiger partial charge in [-0.2, -0.15) is 0 Å². The van der Waals surface area contributed by atoms with Crippen LogP contribution in [0.15, 0.2) is 24.3 Å². The van der Waals surface area contributed by atoms with E-state index < -0.39 is 0 Å². The Morgan fingerprint density at radius 2 is 1.77 bits per heavy atom. The highest BCUT2D eigenvalue weighted by atomic mass is 16.2. The molecule has 0 spiro atoms. The van der Waals surface area contributed by atoms with Crippen LogP contribution in [0.2, 0.25) is 0 Å². The summed E-state index contributed by atoms with van der Waals surface area (Å²) >= 11 is 0. The number of rotatable bonds is 5. The summed E-state index contributed by atoms with van der Waals surface area (Å²) in [5.74, 6) is -0.0581. The number of nitrogens with zero attached hydrogens (tertiary/aromatic N) is 1. The van der Waals surface area contributed by atoms with Crippen LogP contribution >= 0.6 is 0 Å². The lowest BCUT2D eigenvalue weighted by Gasteiger charge is -2.22. The molecular formula is C16H24N4O2. The molecule has 0 saturated carbocycles. The van der Waals surface area contributed by atoms with Crippen LogP contribution in [-0.2, 0) is 9.59 Å². The normalized spacial score (nSPS) is 18.0. The third-order valence-corrected chi connectivity index (χ3v) is 3.52. The van der Waals surface area contributed by atoms with Crippen molar-refractivity contribution in [3.63, 3.8) is 0 Å². The Balaban J connectivity index is 1.86. The smallest absolute Gasteiger partial charge is 0.241 e. The van der Waals surface area contributed by atoms with Gasteiger partial charge in [0, 0.05) is 11.4 Å². The number of anilines is 2. The summed E-state index contributed by atoms with van der Waals surface area (Å²) in [5.41, 5.74) is 1.46. The largest absolute Gasteiger partial charge is 0.325 e. The van der Waals surface area contributed by atoms with Crippen molar-refractivity contribution in [1.29, 1.82) is 0 Å². The van der Waals surface area contributed by atoms with Crippen LogP contribution in [0.4, 0.5) is 11.4 Å². The zero-order valence-electron chi connectivity index (χ0n) is 13.2. The van der Waals surface area contributed by atoms with E-state index in [1.807, 2.05) is 14.1 Å². The van der Waals surface area contributed by atoms with Crippen LogP contribution in [0.5, 0.6) is 0 Å². The summed E-state index contributed by atoms with van der Waals surface area (Å²) in [5, 5.41) is 8.93. The monoisotopic (exact) mass is 304 g/mol. The molecule has 0 radical (unpaired) electrons. The molecule has 1 aromatic rings. The number of amides is 2. The maximum atomic E-state index is 12.1. The van der Waals surface area contributed by atoms with E-state index in [1.54, 1.807) is 29.2 Å². The number of benzene rings is 1. The number of hydrogen-bond acceptors (Lipinski definition) is 4. The van der Waals surface area contributed by atoms with Gasteiger partial charge in [-0.25, -0.2) is 0 Å². The summed E-state index contributed by atoms with van der Waals surface area (Å²) in [6.07, 6.45) is 3.09. The minimum Gasteiger partial charge on any atom is -0.325 e. The topological polar surface area (TPSA) is 73.5 Å². The van der Waals surface area contributed by atoms with Crippen LogP contribution in [0.3, 0.4) is 0 Å². The zero-order chi connectivity index (χ0) is 15.9. The van der Waals surface area contributed by atoms with Gasteiger partial charge < -0.3 is 20.9 Å².